The second-order valence-electron chi connectivity index (χ2n) is 3.99. The van der Waals surface area contributed by atoms with Crippen LogP contribution in [0.3, 0.4) is 0 Å². The van der Waals surface area contributed by atoms with Gasteiger partial charge in [0.1, 0.15) is 0 Å². The lowest BCUT2D eigenvalue weighted by Crippen LogP contribution is -2.02. The van der Waals surface area contributed by atoms with Crippen molar-refractivity contribution < 1.29 is 0 Å². The molecule has 0 saturated heterocycles. The van der Waals surface area contributed by atoms with Gasteiger partial charge < -0.3 is 5.32 Å². The molecular formula is C15H16ClN. The highest BCUT2D eigenvalue weighted by molar-refractivity contribution is 6.30. The van der Waals surface area contributed by atoms with Crippen LogP contribution in [-0.4, -0.2) is 0 Å². The zero-order valence-electron chi connectivity index (χ0n) is 9.91. The van der Waals surface area contributed by atoms with Crippen molar-refractivity contribution in [1.29, 1.82) is 0 Å². The van der Waals surface area contributed by atoms with Gasteiger partial charge in [0.25, 0.3) is 0 Å². The van der Waals surface area contributed by atoms with Gasteiger partial charge in [-0.05, 0) is 35.7 Å². The molecule has 0 atom stereocenters. The number of rotatable bonds is 4. The van der Waals surface area contributed by atoms with Gasteiger partial charge in [-0.2, -0.15) is 0 Å². The molecule has 0 unspecified atom stereocenters. The van der Waals surface area contributed by atoms with Crippen LogP contribution in [0.2, 0.25) is 5.02 Å². The molecule has 0 aliphatic heterocycles. The summed E-state index contributed by atoms with van der Waals surface area (Å²) >= 11 is 5.95. The van der Waals surface area contributed by atoms with Crippen molar-refractivity contribution >= 4 is 17.3 Å². The average molecular weight is 246 g/mol. The number of halogens is 1. The van der Waals surface area contributed by atoms with Gasteiger partial charge in [0.2, 0.25) is 0 Å². The molecule has 2 heteroatoms. The number of nitrogens with one attached hydrogen (secondary N) is 1. The quantitative estimate of drug-likeness (QED) is 0.836. The minimum atomic E-state index is 0.763. The predicted molar refractivity (Wildman–Crippen MR) is 74.6 cm³/mol. The molecular weight excluding hydrogens is 230 g/mol. The molecule has 88 valence electrons. The molecule has 0 aliphatic carbocycles. The van der Waals surface area contributed by atoms with Crippen molar-refractivity contribution in [3.05, 3.63) is 64.7 Å². The van der Waals surface area contributed by atoms with Gasteiger partial charge in [-0.3, -0.25) is 0 Å². The first-order valence-electron chi connectivity index (χ1n) is 5.86. The van der Waals surface area contributed by atoms with E-state index in [1.807, 2.05) is 24.3 Å². The van der Waals surface area contributed by atoms with Crippen LogP contribution < -0.4 is 5.32 Å². The number of hydrogen-bond acceptors (Lipinski definition) is 1. The summed E-state index contributed by atoms with van der Waals surface area (Å²) < 4.78 is 0. The molecule has 17 heavy (non-hydrogen) atoms. The maximum absolute atomic E-state index is 5.95. The topological polar surface area (TPSA) is 12.0 Å². The molecule has 2 aromatic carbocycles. The van der Waals surface area contributed by atoms with Crippen LogP contribution in [0.15, 0.2) is 48.5 Å². The predicted octanol–water partition coefficient (Wildman–Crippen LogP) is 4.51. The summed E-state index contributed by atoms with van der Waals surface area (Å²) in [7, 11) is 0. The molecule has 1 nitrogen and oxygen atoms in total. The van der Waals surface area contributed by atoms with Crippen LogP contribution in [-0.2, 0) is 13.0 Å². The van der Waals surface area contributed by atoms with Gasteiger partial charge in [-0.15, -0.1) is 0 Å². The summed E-state index contributed by atoms with van der Waals surface area (Å²) in [5.74, 6) is 0. The van der Waals surface area contributed by atoms with E-state index in [2.05, 4.69) is 36.5 Å². The Morgan fingerprint density at radius 1 is 1.00 bits per heavy atom. The largest absolute Gasteiger partial charge is 0.381 e. The average Bonchev–Trinajstić information content (AvgIpc) is 2.37. The molecule has 0 heterocycles. The van der Waals surface area contributed by atoms with E-state index < -0.39 is 0 Å². The minimum absolute atomic E-state index is 0.763. The summed E-state index contributed by atoms with van der Waals surface area (Å²) in [5.41, 5.74) is 3.79. The van der Waals surface area contributed by atoms with Crippen LogP contribution >= 0.6 is 11.6 Å². The van der Waals surface area contributed by atoms with Crippen LogP contribution in [0.4, 0.5) is 5.69 Å². The Bertz CT molecular complexity index is 494. The Hall–Kier alpha value is -1.47. The molecule has 0 amide bonds. The van der Waals surface area contributed by atoms with Gasteiger partial charge in [-0.25, -0.2) is 0 Å². The zero-order valence-corrected chi connectivity index (χ0v) is 10.7. The Kier molecular flexibility index (Phi) is 4.05. The van der Waals surface area contributed by atoms with E-state index in [0.29, 0.717) is 0 Å². The van der Waals surface area contributed by atoms with Crippen molar-refractivity contribution in [3.63, 3.8) is 0 Å². The van der Waals surface area contributed by atoms with Gasteiger partial charge >= 0.3 is 0 Å². The first-order valence-corrected chi connectivity index (χ1v) is 6.23. The van der Waals surface area contributed by atoms with E-state index in [1.165, 1.54) is 11.1 Å². The molecule has 0 spiro atoms. The number of benzene rings is 2. The van der Waals surface area contributed by atoms with E-state index >= 15 is 0 Å². The van der Waals surface area contributed by atoms with Crippen molar-refractivity contribution in [2.24, 2.45) is 0 Å². The van der Waals surface area contributed by atoms with Crippen molar-refractivity contribution in [3.8, 4) is 0 Å². The molecule has 0 aromatic heterocycles. The van der Waals surface area contributed by atoms with Crippen molar-refractivity contribution in [2.45, 2.75) is 19.9 Å². The van der Waals surface area contributed by atoms with Crippen LogP contribution in [0.5, 0.6) is 0 Å². The monoisotopic (exact) mass is 245 g/mol. The fourth-order valence-corrected chi connectivity index (χ4v) is 2.06. The SMILES string of the molecule is CCc1ccccc1CNc1cccc(Cl)c1. The van der Waals surface area contributed by atoms with Crippen LogP contribution in [0.25, 0.3) is 0 Å². The molecule has 0 bridgehead atoms. The smallest absolute Gasteiger partial charge is 0.0426 e. The van der Waals surface area contributed by atoms with Crippen molar-refractivity contribution in [1.82, 2.24) is 0 Å². The standard InChI is InChI=1S/C15H16ClN/c1-2-12-6-3-4-7-13(12)11-17-15-9-5-8-14(16)10-15/h3-10,17H,2,11H2,1H3. The molecule has 0 aliphatic rings. The van der Waals surface area contributed by atoms with Gasteiger partial charge in [0.15, 0.2) is 0 Å². The maximum atomic E-state index is 5.95. The summed E-state index contributed by atoms with van der Waals surface area (Å²) in [6.45, 7) is 3.02. The second-order valence-corrected chi connectivity index (χ2v) is 4.42. The zero-order chi connectivity index (χ0) is 12.1. The first-order chi connectivity index (χ1) is 8.29. The fraction of sp³-hybridized carbons (Fsp3) is 0.200. The number of aryl methyl sites for hydroxylation is 1. The molecule has 1 N–H and O–H groups in total. The third kappa shape index (κ3) is 3.24. The van der Waals surface area contributed by atoms with E-state index in [9.17, 15) is 0 Å². The Labute approximate surface area is 107 Å². The summed E-state index contributed by atoms with van der Waals surface area (Å²) in [6, 6.07) is 16.3. The molecule has 0 fully saturated rings. The van der Waals surface area contributed by atoms with Crippen LogP contribution in [0, 0.1) is 0 Å². The summed E-state index contributed by atoms with van der Waals surface area (Å²) in [6.07, 6.45) is 1.06. The first kappa shape index (κ1) is 12.0. The second kappa shape index (κ2) is 5.74. The summed E-state index contributed by atoms with van der Waals surface area (Å²) in [4.78, 5) is 0. The Balaban J connectivity index is 2.07. The van der Waals surface area contributed by atoms with Gasteiger partial charge in [0, 0.05) is 17.3 Å². The summed E-state index contributed by atoms with van der Waals surface area (Å²) in [5, 5.41) is 4.15. The highest BCUT2D eigenvalue weighted by Crippen LogP contribution is 2.17. The number of anilines is 1. The third-order valence-electron chi connectivity index (χ3n) is 2.81. The van der Waals surface area contributed by atoms with Crippen LogP contribution in [0.1, 0.15) is 18.1 Å². The minimum Gasteiger partial charge on any atom is -0.381 e. The molecule has 2 rings (SSSR count). The third-order valence-corrected chi connectivity index (χ3v) is 3.04. The van der Waals surface area contributed by atoms with E-state index in [0.717, 1.165) is 23.7 Å². The van der Waals surface area contributed by atoms with E-state index in [-0.39, 0.29) is 0 Å². The fourth-order valence-electron chi connectivity index (χ4n) is 1.87. The van der Waals surface area contributed by atoms with Crippen molar-refractivity contribution in [2.75, 3.05) is 5.32 Å². The number of hydrogen-bond donors (Lipinski definition) is 1. The maximum Gasteiger partial charge on any atom is 0.0426 e. The highest BCUT2D eigenvalue weighted by Gasteiger charge is 1.99. The Morgan fingerprint density at radius 2 is 1.76 bits per heavy atom. The lowest BCUT2D eigenvalue weighted by atomic mass is 10.1. The lowest BCUT2D eigenvalue weighted by molar-refractivity contribution is 1.04. The lowest BCUT2D eigenvalue weighted by Gasteiger charge is -2.10. The van der Waals surface area contributed by atoms with Gasteiger partial charge in [0.05, 0.1) is 0 Å². The molecule has 2 aromatic rings. The molecule has 0 radical (unpaired) electrons. The normalized spacial score (nSPS) is 10.2. The molecule has 0 saturated carbocycles. The highest BCUT2D eigenvalue weighted by atomic mass is 35.5. The van der Waals surface area contributed by atoms with E-state index in [4.69, 9.17) is 11.6 Å². The van der Waals surface area contributed by atoms with Gasteiger partial charge in [-0.1, -0.05) is 48.9 Å². The van der Waals surface area contributed by atoms with E-state index in [1.54, 1.807) is 0 Å². The Morgan fingerprint density at radius 3 is 2.47 bits per heavy atom.